The van der Waals surface area contributed by atoms with Crippen molar-refractivity contribution in [2.45, 2.75) is 13.8 Å². The van der Waals surface area contributed by atoms with Gasteiger partial charge in [-0.3, -0.25) is 10.4 Å². The summed E-state index contributed by atoms with van der Waals surface area (Å²) in [6, 6.07) is 9.41. The second-order valence-corrected chi connectivity index (χ2v) is 5.58. The number of nitrogens with one attached hydrogen (secondary N) is 3. The van der Waals surface area contributed by atoms with Gasteiger partial charge in [0.05, 0.1) is 5.69 Å². The van der Waals surface area contributed by atoms with Gasteiger partial charge < -0.3 is 11.1 Å². The van der Waals surface area contributed by atoms with Gasteiger partial charge in [0, 0.05) is 17.0 Å². The molecule has 0 amide bonds. The van der Waals surface area contributed by atoms with Crippen LogP contribution >= 0.6 is 12.2 Å². The Morgan fingerprint density at radius 3 is 2.50 bits per heavy atom. The number of aryl methyl sites for hydroxylation is 2. The van der Waals surface area contributed by atoms with Crippen molar-refractivity contribution >= 4 is 34.9 Å². The fourth-order valence-electron chi connectivity index (χ4n) is 2.25. The van der Waals surface area contributed by atoms with Gasteiger partial charge in [0.25, 0.3) is 0 Å². The van der Waals surface area contributed by atoms with Crippen LogP contribution < -0.4 is 16.4 Å². The van der Waals surface area contributed by atoms with Crippen LogP contribution in [0.5, 0.6) is 0 Å². The van der Waals surface area contributed by atoms with E-state index in [0.717, 1.165) is 22.6 Å². The number of rotatable bonds is 4. The highest BCUT2D eigenvalue weighted by Gasteiger charge is 2.11. The zero-order valence-corrected chi connectivity index (χ0v) is 14.0. The number of aromatic nitrogens is 5. The molecule has 0 unspecified atom stereocenters. The first-order chi connectivity index (χ1) is 11.5. The lowest BCUT2D eigenvalue weighted by Gasteiger charge is -2.07. The van der Waals surface area contributed by atoms with E-state index in [1.165, 1.54) is 0 Å². The molecule has 5 N–H and O–H groups in total. The number of benzene rings is 1. The highest BCUT2D eigenvalue weighted by molar-refractivity contribution is 7.80. The van der Waals surface area contributed by atoms with Crippen molar-refractivity contribution in [1.82, 2.24) is 25.1 Å². The first kappa shape index (κ1) is 15.8. The fourth-order valence-corrected chi connectivity index (χ4v) is 2.36. The summed E-state index contributed by atoms with van der Waals surface area (Å²) in [6.07, 6.45) is 0. The molecule has 1 aromatic carbocycles. The lowest BCUT2D eigenvalue weighted by atomic mass is 10.1. The minimum absolute atomic E-state index is 0.184. The predicted octanol–water partition coefficient (Wildman–Crippen LogP) is 2.28. The van der Waals surface area contributed by atoms with Crippen LogP contribution in [0.1, 0.15) is 11.4 Å². The summed E-state index contributed by atoms with van der Waals surface area (Å²) in [5, 5.41) is 13.1. The smallest absolute Gasteiger partial charge is 0.249 e. The minimum atomic E-state index is 0.184. The molecule has 0 radical (unpaired) electrons. The van der Waals surface area contributed by atoms with Gasteiger partial charge in [-0.25, -0.2) is 9.97 Å². The van der Waals surface area contributed by atoms with Gasteiger partial charge in [-0.2, -0.15) is 4.98 Å². The van der Waals surface area contributed by atoms with E-state index in [4.69, 9.17) is 18.0 Å². The number of hydrogen-bond acceptors (Lipinski definition) is 6. The molecule has 0 saturated carbocycles. The Kier molecular flexibility index (Phi) is 4.34. The summed E-state index contributed by atoms with van der Waals surface area (Å²) in [5.41, 5.74) is 8.83. The molecule has 0 spiro atoms. The number of anilines is 3. The Hall–Kier alpha value is -3.07. The number of hydrogen-bond donors (Lipinski definition) is 4. The molecule has 0 aliphatic carbocycles. The molecule has 0 aliphatic rings. The van der Waals surface area contributed by atoms with E-state index in [9.17, 15) is 0 Å². The molecule has 9 heteroatoms. The maximum atomic E-state index is 5.55. The molecule has 0 bridgehead atoms. The number of nitrogens with two attached hydrogens (primary N) is 1. The number of H-pyrrole nitrogens is 1. The number of para-hydroxylation sites is 1. The molecule has 3 rings (SSSR count). The third-order valence-electron chi connectivity index (χ3n) is 3.13. The maximum Gasteiger partial charge on any atom is 0.249 e. The molecule has 2 aromatic heterocycles. The van der Waals surface area contributed by atoms with E-state index in [2.05, 4.69) is 35.8 Å². The second-order valence-electron chi connectivity index (χ2n) is 5.14. The first-order valence-electron chi connectivity index (χ1n) is 7.19. The first-order valence-corrected chi connectivity index (χ1v) is 7.59. The Bertz CT molecular complexity index is 868. The molecule has 24 heavy (non-hydrogen) atoms. The number of aromatic amines is 1. The van der Waals surface area contributed by atoms with Crippen LogP contribution in [0.25, 0.3) is 11.4 Å². The van der Waals surface area contributed by atoms with Crippen LogP contribution in [0.2, 0.25) is 0 Å². The minimum Gasteiger partial charge on any atom is -0.376 e. The van der Waals surface area contributed by atoms with Crippen molar-refractivity contribution in [3.05, 3.63) is 41.7 Å². The highest BCUT2D eigenvalue weighted by atomic mass is 32.1. The molecule has 122 valence electrons. The summed E-state index contributed by atoms with van der Waals surface area (Å²) < 4.78 is 0. The molecule has 0 atom stereocenters. The highest BCUT2D eigenvalue weighted by Crippen LogP contribution is 2.25. The Morgan fingerprint density at radius 1 is 1.08 bits per heavy atom. The van der Waals surface area contributed by atoms with Gasteiger partial charge >= 0.3 is 0 Å². The van der Waals surface area contributed by atoms with Gasteiger partial charge in [0.15, 0.2) is 10.9 Å². The average molecular weight is 340 g/mol. The molecule has 0 aliphatic heterocycles. The molecule has 2 heterocycles. The van der Waals surface area contributed by atoms with E-state index in [0.29, 0.717) is 17.7 Å². The Labute approximate surface area is 143 Å². The van der Waals surface area contributed by atoms with Crippen LogP contribution in [-0.2, 0) is 0 Å². The van der Waals surface area contributed by atoms with E-state index in [1.54, 1.807) is 0 Å². The van der Waals surface area contributed by atoms with E-state index in [-0.39, 0.29) is 5.11 Å². The molecule has 0 saturated heterocycles. The van der Waals surface area contributed by atoms with Crippen LogP contribution in [-0.4, -0.2) is 30.3 Å². The molecule has 0 fully saturated rings. The third kappa shape index (κ3) is 3.63. The van der Waals surface area contributed by atoms with Crippen molar-refractivity contribution in [3.8, 4) is 11.4 Å². The van der Waals surface area contributed by atoms with E-state index in [1.807, 2.05) is 44.2 Å². The SMILES string of the molecule is Cc1cc(C)nc(Nc2n[nH]c(-c3ccccc3NC(N)=S)n2)n1. The molecular formula is C15H16N8S. The van der Waals surface area contributed by atoms with Gasteiger partial charge in [0.2, 0.25) is 11.9 Å². The van der Waals surface area contributed by atoms with Crippen LogP contribution in [0, 0.1) is 13.8 Å². The quantitative estimate of drug-likeness (QED) is 0.534. The lowest BCUT2D eigenvalue weighted by molar-refractivity contribution is 1.04. The molecule has 3 aromatic rings. The monoisotopic (exact) mass is 340 g/mol. The van der Waals surface area contributed by atoms with Crippen LogP contribution in [0.15, 0.2) is 30.3 Å². The van der Waals surface area contributed by atoms with Gasteiger partial charge in [0.1, 0.15) is 0 Å². The van der Waals surface area contributed by atoms with Crippen LogP contribution in [0.4, 0.5) is 17.6 Å². The largest absolute Gasteiger partial charge is 0.376 e. The average Bonchev–Trinajstić information content (AvgIpc) is 2.94. The Balaban J connectivity index is 1.87. The second kappa shape index (κ2) is 6.59. The lowest BCUT2D eigenvalue weighted by Crippen LogP contribution is -2.19. The van der Waals surface area contributed by atoms with Crippen molar-refractivity contribution in [2.75, 3.05) is 10.6 Å². The van der Waals surface area contributed by atoms with Crippen molar-refractivity contribution in [3.63, 3.8) is 0 Å². The Morgan fingerprint density at radius 2 is 1.79 bits per heavy atom. The van der Waals surface area contributed by atoms with E-state index >= 15 is 0 Å². The number of thiocarbonyl (C=S) groups is 1. The van der Waals surface area contributed by atoms with Crippen molar-refractivity contribution < 1.29 is 0 Å². The summed E-state index contributed by atoms with van der Waals surface area (Å²) in [7, 11) is 0. The molecule has 8 nitrogen and oxygen atoms in total. The summed E-state index contributed by atoms with van der Waals surface area (Å²) in [4.78, 5) is 13.0. The van der Waals surface area contributed by atoms with Gasteiger partial charge in [-0.05, 0) is 44.3 Å². The standard InChI is InChI=1S/C15H16N8S/c1-8-7-9(2)18-14(17-8)21-15-20-12(22-23-15)10-5-3-4-6-11(10)19-13(16)24/h3-7H,1-2H3,(H3,16,19,24)(H2,17,18,20,21,22,23). The van der Waals surface area contributed by atoms with Gasteiger partial charge in [-0.15, -0.1) is 5.10 Å². The third-order valence-corrected chi connectivity index (χ3v) is 3.23. The summed E-state index contributed by atoms with van der Waals surface area (Å²) in [6.45, 7) is 3.81. The predicted molar refractivity (Wildman–Crippen MR) is 97.0 cm³/mol. The normalized spacial score (nSPS) is 10.4. The fraction of sp³-hybridized carbons (Fsp3) is 0.133. The summed E-state index contributed by atoms with van der Waals surface area (Å²) >= 11 is 4.89. The number of nitrogens with zero attached hydrogens (tertiary/aromatic N) is 4. The summed E-state index contributed by atoms with van der Waals surface area (Å²) in [5.74, 6) is 1.40. The van der Waals surface area contributed by atoms with Crippen LogP contribution in [0.3, 0.4) is 0 Å². The zero-order chi connectivity index (χ0) is 17.1. The van der Waals surface area contributed by atoms with Crippen molar-refractivity contribution in [2.24, 2.45) is 5.73 Å². The van der Waals surface area contributed by atoms with Gasteiger partial charge in [-0.1, -0.05) is 12.1 Å². The zero-order valence-electron chi connectivity index (χ0n) is 13.2. The topological polar surface area (TPSA) is 117 Å². The van der Waals surface area contributed by atoms with Crippen molar-refractivity contribution in [1.29, 1.82) is 0 Å². The van der Waals surface area contributed by atoms with E-state index < -0.39 is 0 Å². The molecular weight excluding hydrogens is 324 g/mol. The maximum absolute atomic E-state index is 5.55.